The van der Waals surface area contributed by atoms with Gasteiger partial charge in [0.15, 0.2) is 0 Å². The van der Waals surface area contributed by atoms with Gasteiger partial charge in [-0.05, 0) is 69.1 Å². The zero-order chi connectivity index (χ0) is 15.2. The predicted molar refractivity (Wildman–Crippen MR) is 92.8 cm³/mol. The summed E-state index contributed by atoms with van der Waals surface area (Å²) in [6, 6.07) is 2.17. The Morgan fingerprint density at radius 3 is 2.90 bits per heavy atom. The number of hydrogen-bond donors (Lipinski definition) is 0. The van der Waals surface area contributed by atoms with Crippen molar-refractivity contribution in [3.63, 3.8) is 0 Å². The Balaban J connectivity index is 0.00000242. The van der Waals surface area contributed by atoms with Crippen LogP contribution in [0.1, 0.15) is 64.2 Å². The number of fused-ring (bicyclic) bond motifs is 1. The maximum Gasteiger partial charge on any atom is 0.0481 e. The van der Waals surface area contributed by atoms with Crippen molar-refractivity contribution in [3.8, 4) is 12.3 Å². The molecule has 0 fully saturated rings. The van der Waals surface area contributed by atoms with Crippen LogP contribution in [0.4, 0.5) is 0 Å². The van der Waals surface area contributed by atoms with E-state index in [1.165, 1.54) is 34.4 Å². The number of rotatable bonds is 7. The van der Waals surface area contributed by atoms with Crippen LogP contribution in [-0.4, -0.2) is 4.98 Å². The molecule has 0 bridgehead atoms. The van der Waals surface area contributed by atoms with E-state index in [4.69, 9.17) is 6.42 Å². The van der Waals surface area contributed by atoms with Gasteiger partial charge in [-0.3, -0.25) is 4.98 Å². The molecule has 0 aromatic carbocycles. The molecule has 2 rings (SSSR count). The first kappa shape index (κ1) is 15.8. The summed E-state index contributed by atoms with van der Waals surface area (Å²) < 4.78 is 0. The van der Waals surface area contributed by atoms with Crippen molar-refractivity contribution in [3.05, 3.63) is 41.6 Å². The molecule has 21 heavy (non-hydrogen) atoms. The van der Waals surface area contributed by atoms with Crippen LogP contribution in [0.2, 0.25) is 0 Å². The summed E-state index contributed by atoms with van der Waals surface area (Å²) in [7, 11) is 0. The number of allylic oxidation sites excluding steroid dienone is 2. The van der Waals surface area contributed by atoms with Crippen LogP contribution in [0.25, 0.3) is 5.57 Å². The zero-order valence-electron chi connectivity index (χ0n) is 13.4. The molecule has 1 aromatic rings. The minimum absolute atomic E-state index is 0. The molecule has 0 aliphatic heterocycles. The highest BCUT2D eigenvalue weighted by Gasteiger charge is 2.19. The summed E-state index contributed by atoms with van der Waals surface area (Å²) in [5.74, 6) is 3.22. The van der Waals surface area contributed by atoms with E-state index in [1.807, 2.05) is 6.20 Å². The molecule has 0 amide bonds. The smallest absolute Gasteiger partial charge is 0.0481 e. The van der Waals surface area contributed by atoms with Crippen molar-refractivity contribution < 1.29 is 1.43 Å². The summed E-state index contributed by atoms with van der Waals surface area (Å²) in [4.78, 5) is 4.63. The number of aryl methyl sites for hydroxylation is 1. The van der Waals surface area contributed by atoms with E-state index in [1.54, 1.807) is 0 Å². The van der Waals surface area contributed by atoms with Crippen LogP contribution in [0.15, 0.2) is 17.8 Å². The highest BCUT2D eigenvalue weighted by atomic mass is 14.7. The van der Waals surface area contributed by atoms with Crippen LogP contribution in [0.3, 0.4) is 0 Å². The zero-order valence-corrected chi connectivity index (χ0v) is 13.4. The molecule has 1 atom stereocenters. The second kappa shape index (κ2) is 7.46. The molecule has 1 aliphatic carbocycles. The highest BCUT2D eigenvalue weighted by Crippen LogP contribution is 2.34. The SMILES string of the molecule is C#CCCCC([CH2])CCCc1nccc2c1C(C)=C(C)C2.[HH]. The van der Waals surface area contributed by atoms with Gasteiger partial charge in [0.1, 0.15) is 0 Å². The number of pyridine rings is 1. The molecule has 1 aromatic heterocycles. The minimum atomic E-state index is 0. The standard InChI is InChI=1S/C20H26N.H2/c1-5-6-7-9-15(2)10-8-11-19-20-17(4)16(3)14-18(20)12-13-21-19;/h1,12-13,15H,2,6-11,14H2,3-4H3;1H. The fraction of sp³-hybridized carbons (Fsp3) is 0.500. The molecule has 1 nitrogen and oxygen atoms in total. The Labute approximate surface area is 131 Å². The average molecular weight is 282 g/mol. The molecule has 0 N–H and O–H groups in total. The number of terminal acetylenes is 1. The maximum absolute atomic E-state index is 5.28. The fourth-order valence-corrected chi connectivity index (χ4v) is 3.17. The lowest BCUT2D eigenvalue weighted by Gasteiger charge is -2.12. The molecule has 0 saturated heterocycles. The Morgan fingerprint density at radius 2 is 2.14 bits per heavy atom. The van der Waals surface area contributed by atoms with Crippen molar-refractivity contribution >= 4 is 5.57 Å². The molecule has 1 aliphatic rings. The van der Waals surface area contributed by atoms with E-state index >= 15 is 0 Å². The summed E-state index contributed by atoms with van der Waals surface area (Å²) >= 11 is 0. The minimum Gasteiger partial charge on any atom is -0.261 e. The topological polar surface area (TPSA) is 12.9 Å². The van der Waals surface area contributed by atoms with Gasteiger partial charge in [-0.2, -0.15) is 0 Å². The van der Waals surface area contributed by atoms with Crippen molar-refractivity contribution in [1.29, 1.82) is 0 Å². The van der Waals surface area contributed by atoms with E-state index in [2.05, 4.69) is 37.7 Å². The Bertz CT molecular complexity index is 566. The first-order valence-corrected chi connectivity index (χ1v) is 8.03. The van der Waals surface area contributed by atoms with E-state index < -0.39 is 0 Å². The third-order valence-corrected chi connectivity index (χ3v) is 4.55. The van der Waals surface area contributed by atoms with E-state index in [0.717, 1.165) is 38.5 Å². The van der Waals surface area contributed by atoms with Gasteiger partial charge >= 0.3 is 0 Å². The first-order valence-electron chi connectivity index (χ1n) is 8.03. The van der Waals surface area contributed by atoms with Crippen molar-refractivity contribution in [2.75, 3.05) is 0 Å². The van der Waals surface area contributed by atoms with Crippen LogP contribution in [0, 0.1) is 25.2 Å². The number of hydrogen-bond acceptors (Lipinski definition) is 1. The molecule has 113 valence electrons. The molecular weight excluding hydrogens is 254 g/mol. The van der Waals surface area contributed by atoms with Gasteiger partial charge in [0.05, 0.1) is 0 Å². The fourth-order valence-electron chi connectivity index (χ4n) is 3.17. The van der Waals surface area contributed by atoms with Gasteiger partial charge in [-0.1, -0.05) is 18.9 Å². The molecule has 1 radical (unpaired) electrons. The largest absolute Gasteiger partial charge is 0.261 e. The third-order valence-electron chi connectivity index (χ3n) is 4.55. The summed E-state index contributed by atoms with van der Waals surface area (Å²) in [6.45, 7) is 8.71. The highest BCUT2D eigenvalue weighted by molar-refractivity contribution is 5.75. The maximum atomic E-state index is 5.28. The summed E-state index contributed by atoms with van der Waals surface area (Å²) in [6.07, 6.45) is 14.9. The normalized spacial score (nSPS) is 15.0. The molecule has 1 unspecified atom stereocenters. The molecular formula is C20H28N. The van der Waals surface area contributed by atoms with Crippen LogP contribution in [-0.2, 0) is 12.8 Å². The van der Waals surface area contributed by atoms with Gasteiger partial charge in [0.2, 0.25) is 0 Å². The van der Waals surface area contributed by atoms with E-state index in [9.17, 15) is 0 Å². The van der Waals surface area contributed by atoms with Crippen LogP contribution < -0.4 is 0 Å². The van der Waals surface area contributed by atoms with E-state index in [0.29, 0.717) is 5.92 Å². The summed E-state index contributed by atoms with van der Waals surface area (Å²) in [5.41, 5.74) is 7.08. The number of unbranched alkanes of at least 4 members (excludes halogenated alkanes) is 1. The third kappa shape index (κ3) is 3.97. The van der Waals surface area contributed by atoms with Crippen molar-refractivity contribution in [2.45, 2.75) is 58.8 Å². The molecule has 1 heterocycles. The lowest BCUT2D eigenvalue weighted by atomic mass is 9.95. The van der Waals surface area contributed by atoms with Gasteiger partial charge in [-0.25, -0.2) is 0 Å². The second-order valence-corrected chi connectivity index (χ2v) is 6.23. The molecule has 0 saturated carbocycles. The molecule has 0 spiro atoms. The van der Waals surface area contributed by atoms with Gasteiger partial charge in [0.25, 0.3) is 0 Å². The van der Waals surface area contributed by atoms with Gasteiger partial charge < -0.3 is 0 Å². The lowest BCUT2D eigenvalue weighted by Crippen LogP contribution is -2.01. The summed E-state index contributed by atoms with van der Waals surface area (Å²) in [5, 5.41) is 0. The quantitative estimate of drug-likeness (QED) is 0.491. The van der Waals surface area contributed by atoms with Crippen molar-refractivity contribution in [1.82, 2.24) is 4.98 Å². The average Bonchev–Trinajstić information content (AvgIpc) is 2.75. The van der Waals surface area contributed by atoms with Crippen molar-refractivity contribution in [2.24, 2.45) is 5.92 Å². The predicted octanol–water partition coefficient (Wildman–Crippen LogP) is 5.25. The van der Waals surface area contributed by atoms with Crippen LogP contribution in [0.5, 0.6) is 0 Å². The van der Waals surface area contributed by atoms with Gasteiger partial charge in [-0.15, -0.1) is 12.3 Å². The number of nitrogens with zero attached hydrogens (tertiary/aromatic N) is 1. The lowest BCUT2D eigenvalue weighted by molar-refractivity contribution is 0.503. The monoisotopic (exact) mass is 282 g/mol. The Hall–Kier alpha value is -1.55. The van der Waals surface area contributed by atoms with Gasteiger partial charge in [0, 0.05) is 25.3 Å². The Morgan fingerprint density at radius 1 is 1.38 bits per heavy atom. The molecule has 1 heteroatoms. The second-order valence-electron chi connectivity index (χ2n) is 6.23. The first-order chi connectivity index (χ1) is 10.1. The Kier molecular flexibility index (Phi) is 5.62. The van der Waals surface area contributed by atoms with E-state index in [-0.39, 0.29) is 1.43 Å². The number of aromatic nitrogens is 1. The van der Waals surface area contributed by atoms with Crippen LogP contribution >= 0.6 is 0 Å².